The molecule has 0 saturated carbocycles. The largest absolute Gasteiger partial charge is 0.337 e. The Morgan fingerprint density at radius 1 is 1.06 bits per heavy atom. The minimum Gasteiger partial charge on any atom is -0.337 e. The molecule has 3 aromatic heterocycles. The van der Waals surface area contributed by atoms with E-state index in [1.165, 1.54) is 12.1 Å². The minimum atomic E-state index is -0.247. The van der Waals surface area contributed by atoms with Crippen molar-refractivity contribution in [3.05, 3.63) is 89.4 Å². The molecule has 0 N–H and O–H groups in total. The van der Waals surface area contributed by atoms with Crippen molar-refractivity contribution < 1.29 is 9.18 Å². The summed E-state index contributed by atoms with van der Waals surface area (Å²) >= 11 is 0. The third-order valence-electron chi connectivity index (χ3n) is 6.17. The van der Waals surface area contributed by atoms with Crippen LogP contribution in [0.25, 0.3) is 16.8 Å². The molecule has 4 heterocycles. The molecule has 0 unspecified atom stereocenters. The number of pyridine rings is 2. The second-order valence-corrected chi connectivity index (χ2v) is 8.57. The first kappa shape index (κ1) is 20.4. The summed E-state index contributed by atoms with van der Waals surface area (Å²) in [5.74, 6) is -0.127. The lowest BCUT2D eigenvalue weighted by atomic mass is 9.92. The topological polar surface area (TPSA) is 50.5 Å². The number of hydrogen-bond acceptors (Lipinski definition) is 3. The zero-order valence-electron chi connectivity index (χ0n) is 18.3. The summed E-state index contributed by atoms with van der Waals surface area (Å²) in [6.07, 6.45) is 5.63. The van der Waals surface area contributed by atoms with E-state index in [4.69, 9.17) is 4.98 Å². The number of piperidine rings is 1. The molecule has 1 aliphatic rings. The maximum atomic E-state index is 13.3. The minimum absolute atomic E-state index is 0.0378. The molecule has 5 nitrogen and oxygen atoms in total. The van der Waals surface area contributed by atoms with Gasteiger partial charge in [0.15, 0.2) is 0 Å². The smallest absolute Gasteiger partial charge is 0.274 e. The molecule has 1 aliphatic heterocycles. The number of likely N-dealkylation sites (tertiary alicyclic amines) is 1. The van der Waals surface area contributed by atoms with Gasteiger partial charge in [0, 0.05) is 42.8 Å². The molecule has 1 atom stereocenters. The molecular formula is C26H25FN4O. The summed E-state index contributed by atoms with van der Waals surface area (Å²) in [5, 5.41) is 0. The number of carbonyl (C=O) groups excluding carboxylic acids is 1. The first-order chi connectivity index (χ1) is 15.5. The van der Waals surface area contributed by atoms with Crippen LogP contribution in [0.15, 0.2) is 60.9 Å². The van der Waals surface area contributed by atoms with Crippen molar-refractivity contribution in [3.8, 4) is 11.1 Å². The van der Waals surface area contributed by atoms with Gasteiger partial charge >= 0.3 is 0 Å². The molecule has 0 spiro atoms. The Bertz CT molecular complexity index is 1300. The fourth-order valence-electron chi connectivity index (χ4n) is 4.53. The fraction of sp³-hybridized carbons (Fsp3) is 0.269. The van der Waals surface area contributed by atoms with Crippen LogP contribution in [0.2, 0.25) is 0 Å². The highest BCUT2D eigenvalue weighted by Gasteiger charge is 2.28. The van der Waals surface area contributed by atoms with Crippen LogP contribution in [0.5, 0.6) is 0 Å². The van der Waals surface area contributed by atoms with Gasteiger partial charge in [0.2, 0.25) is 0 Å². The summed E-state index contributed by atoms with van der Waals surface area (Å²) < 4.78 is 15.2. The van der Waals surface area contributed by atoms with Crippen LogP contribution in [0.3, 0.4) is 0 Å². The number of imidazole rings is 1. The number of aromatic nitrogens is 3. The molecule has 0 aliphatic carbocycles. The first-order valence-electron chi connectivity index (χ1n) is 11.0. The van der Waals surface area contributed by atoms with Gasteiger partial charge in [0.25, 0.3) is 5.91 Å². The number of carbonyl (C=O) groups is 1. The fourth-order valence-corrected chi connectivity index (χ4v) is 4.53. The Balaban J connectivity index is 1.40. The summed E-state index contributed by atoms with van der Waals surface area (Å²) in [7, 11) is 0. The monoisotopic (exact) mass is 428 g/mol. The molecule has 32 heavy (non-hydrogen) atoms. The van der Waals surface area contributed by atoms with Gasteiger partial charge in [-0.25, -0.2) is 9.37 Å². The van der Waals surface area contributed by atoms with Crippen molar-refractivity contribution in [1.29, 1.82) is 0 Å². The van der Waals surface area contributed by atoms with Crippen molar-refractivity contribution in [1.82, 2.24) is 19.3 Å². The van der Waals surface area contributed by atoms with E-state index in [1.54, 1.807) is 12.1 Å². The van der Waals surface area contributed by atoms with Gasteiger partial charge in [-0.1, -0.05) is 18.2 Å². The molecule has 162 valence electrons. The highest BCUT2D eigenvalue weighted by molar-refractivity contribution is 5.93. The number of rotatable bonds is 3. The Morgan fingerprint density at radius 3 is 2.66 bits per heavy atom. The summed E-state index contributed by atoms with van der Waals surface area (Å²) in [6.45, 7) is 5.31. The van der Waals surface area contributed by atoms with Gasteiger partial charge in [-0.15, -0.1) is 0 Å². The highest BCUT2D eigenvalue weighted by Crippen LogP contribution is 2.30. The molecule has 1 saturated heterocycles. The molecule has 1 aromatic carbocycles. The van der Waals surface area contributed by atoms with Crippen molar-refractivity contribution in [2.24, 2.45) is 0 Å². The normalized spacial score (nSPS) is 16.5. The zero-order valence-corrected chi connectivity index (χ0v) is 18.3. The quantitative estimate of drug-likeness (QED) is 0.452. The second-order valence-electron chi connectivity index (χ2n) is 8.57. The molecule has 6 heteroatoms. The van der Waals surface area contributed by atoms with Gasteiger partial charge in [0.1, 0.15) is 17.2 Å². The number of fused-ring (bicyclic) bond motifs is 1. The third kappa shape index (κ3) is 3.88. The third-order valence-corrected chi connectivity index (χ3v) is 6.17. The van der Waals surface area contributed by atoms with Crippen LogP contribution in [0.4, 0.5) is 4.39 Å². The van der Waals surface area contributed by atoms with E-state index in [-0.39, 0.29) is 17.6 Å². The number of hydrogen-bond donors (Lipinski definition) is 0. The Labute approximate surface area is 186 Å². The van der Waals surface area contributed by atoms with Crippen LogP contribution in [-0.2, 0) is 0 Å². The Kier molecular flexibility index (Phi) is 5.21. The maximum absolute atomic E-state index is 13.3. The van der Waals surface area contributed by atoms with Gasteiger partial charge < -0.3 is 9.30 Å². The highest BCUT2D eigenvalue weighted by atomic mass is 19.1. The van der Waals surface area contributed by atoms with E-state index < -0.39 is 0 Å². The molecular weight excluding hydrogens is 403 g/mol. The van der Waals surface area contributed by atoms with Gasteiger partial charge in [-0.2, -0.15) is 0 Å². The van der Waals surface area contributed by atoms with Crippen molar-refractivity contribution >= 4 is 11.6 Å². The number of amides is 1. The molecule has 1 fully saturated rings. The summed E-state index contributed by atoms with van der Waals surface area (Å²) in [4.78, 5) is 24.5. The van der Waals surface area contributed by atoms with Crippen LogP contribution in [-0.4, -0.2) is 38.3 Å². The van der Waals surface area contributed by atoms with E-state index >= 15 is 0 Å². The Morgan fingerprint density at radius 2 is 1.88 bits per heavy atom. The summed E-state index contributed by atoms with van der Waals surface area (Å²) in [6, 6.07) is 14.6. The maximum Gasteiger partial charge on any atom is 0.274 e. The van der Waals surface area contributed by atoms with Crippen molar-refractivity contribution in [2.75, 3.05) is 13.1 Å². The number of benzene rings is 1. The first-order valence-corrected chi connectivity index (χ1v) is 11.0. The number of nitrogens with zero attached hydrogens (tertiary/aromatic N) is 4. The SMILES string of the molecule is Cc1cc(-c2ccc(F)cc2)cc([C@@H]2CCCN(C(=O)c3cn4cccc(C)c4n3)C2)n1. The van der Waals surface area contributed by atoms with E-state index in [2.05, 4.69) is 11.1 Å². The van der Waals surface area contributed by atoms with E-state index in [0.717, 1.165) is 53.1 Å². The number of halogens is 1. The second kappa shape index (κ2) is 8.19. The van der Waals surface area contributed by atoms with Crippen LogP contribution in [0.1, 0.15) is 46.2 Å². The molecule has 4 aromatic rings. The average Bonchev–Trinajstić information content (AvgIpc) is 3.24. The average molecular weight is 429 g/mol. The predicted molar refractivity (Wildman–Crippen MR) is 122 cm³/mol. The van der Waals surface area contributed by atoms with E-state index in [9.17, 15) is 9.18 Å². The lowest BCUT2D eigenvalue weighted by Gasteiger charge is -2.32. The Hall–Kier alpha value is -3.54. The van der Waals surface area contributed by atoms with Gasteiger partial charge in [-0.05, 0) is 73.7 Å². The molecule has 0 bridgehead atoms. The van der Waals surface area contributed by atoms with Crippen LogP contribution in [0, 0.1) is 19.7 Å². The van der Waals surface area contributed by atoms with Crippen molar-refractivity contribution in [3.63, 3.8) is 0 Å². The van der Waals surface area contributed by atoms with Crippen molar-refractivity contribution in [2.45, 2.75) is 32.6 Å². The van der Waals surface area contributed by atoms with E-state index in [0.29, 0.717) is 12.2 Å². The van der Waals surface area contributed by atoms with E-state index in [1.807, 2.05) is 53.7 Å². The zero-order chi connectivity index (χ0) is 22.2. The van der Waals surface area contributed by atoms with Gasteiger partial charge in [-0.3, -0.25) is 9.78 Å². The molecule has 5 rings (SSSR count). The van der Waals surface area contributed by atoms with Gasteiger partial charge in [0.05, 0.1) is 0 Å². The van der Waals surface area contributed by atoms with Crippen LogP contribution >= 0.6 is 0 Å². The molecule has 0 radical (unpaired) electrons. The lowest BCUT2D eigenvalue weighted by molar-refractivity contribution is 0.0700. The standard InChI is InChI=1S/C26H25FN4O/c1-17-5-3-11-30-16-24(29-25(17)30)26(32)31-12-4-6-20(15-31)23-14-21(13-18(2)28-23)19-7-9-22(27)10-8-19/h3,5,7-11,13-14,16,20H,4,6,12,15H2,1-2H3/t20-/m1/s1. The molecule has 1 amide bonds. The summed E-state index contributed by atoms with van der Waals surface area (Å²) in [5.41, 5.74) is 6.21. The predicted octanol–water partition coefficient (Wildman–Crippen LogP) is 5.17. The number of aryl methyl sites for hydroxylation is 2. The lowest BCUT2D eigenvalue weighted by Crippen LogP contribution is -2.39. The van der Waals surface area contributed by atoms with Crippen LogP contribution < -0.4 is 0 Å².